The summed E-state index contributed by atoms with van der Waals surface area (Å²) in [5.74, 6) is 0.0966. The Labute approximate surface area is 243 Å². The predicted octanol–water partition coefficient (Wildman–Crippen LogP) is 4.64. The number of aryl methyl sites for hydroxylation is 1. The second kappa shape index (κ2) is 15.4. The fourth-order valence-electron chi connectivity index (χ4n) is 5.63. The molecule has 9 atom stereocenters. The molecule has 10 heteroatoms. The highest BCUT2D eigenvalue weighted by Gasteiger charge is 2.37. The van der Waals surface area contributed by atoms with Gasteiger partial charge in [-0.15, -0.1) is 0 Å². The highest BCUT2D eigenvalue weighted by molar-refractivity contribution is 5.87. The van der Waals surface area contributed by atoms with Crippen molar-refractivity contribution in [1.29, 1.82) is 0 Å². The summed E-state index contributed by atoms with van der Waals surface area (Å²) in [4.78, 5) is 28.0. The summed E-state index contributed by atoms with van der Waals surface area (Å²) >= 11 is 0. The summed E-state index contributed by atoms with van der Waals surface area (Å²) in [6, 6.07) is -0.0918. The van der Waals surface area contributed by atoms with Gasteiger partial charge < -0.3 is 29.5 Å². The van der Waals surface area contributed by atoms with E-state index in [2.05, 4.69) is 35.4 Å². The molecule has 2 aliphatic rings. The number of carboxylic acid groups (broad SMARTS) is 1. The normalized spacial score (nSPS) is 31.9. The third-order valence-electron chi connectivity index (χ3n) is 8.05. The van der Waals surface area contributed by atoms with Crippen molar-refractivity contribution in [3.63, 3.8) is 0 Å². The van der Waals surface area contributed by atoms with Gasteiger partial charge in [-0.2, -0.15) is 4.98 Å². The van der Waals surface area contributed by atoms with Crippen LogP contribution in [0.15, 0.2) is 40.5 Å². The number of hydrogen-bond donors (Lipinski definition) is 3. The topological polar surface area (TPSA) is 144 Å². The maximum atomic E-state index is 12.6. The fraction of sp³-hybridized carbons (Fsp3) is 0.677. The van der Waals surface area contributed by atoms with Crippen LogP contribution in [0, 0.1) is 18.8 Å². The lowest BCUT2D eigenvalue weighted by Crippen LogP contribution is -2.50. The summed E-state index contributed by atoms with van der Waals surface area (Å²) in [6.07, 6.45) is 11.3. The molecular formula is C31H47N3O7. The summed E-state index contributed by atoms with van der Waals surface area (Å²) in [5, 5.41) is 27.0. The van der Waals surface area contributed by atoms with Crippen molar-refractivity contribution in [3.05, 3.63) is 47.7 Å². The van der Waals surface area contributed by atoms with Crippen LogP contribution in [0.5, 0.6) is 0 Å². The minimum absolute atomic E-state index is 0.0175. The molecule has 3 rings (SSSR count). The molecule has 1 amide bonds. The van der Waals surface area contributed by atoms with Gasteiger partial charge >= 0.3 is 5.97 Å². The van der Waals surface area contributed by atoms with Crippen molar-refractivity contribution in [2.75, 3.05) is 0 Å². The molecule has 0 spiro atoms. The van der Waals surface area contributed by atoms with E-state index >= 15 is 0 Å². The zero-order valence-electron chi connectivity index (χ0n) is 25.2. The number of aliphatic hydroxyl groups is 1. The largest absolute Gasteiger partial charge is 0.481 e. The molecule has 3 N–H and O–H groups in total. The molecule has 1 aromatic rings. The van der Waals surface area contributed by atoms with Crippen LogP contribution in [0.3, 0.4) is 0 Å². The zero-order valence-corrected chi connectivity index (χ0v) is 25.2. The first-order valence-electron chi connectivity index (χ1n) is 14.8. The first-order chi connectivity index (χ1) is 19.5. The Morgan fingerprint density at radius 2 is 1.95 bits per heavy atom. The van der Waals surface area contributed by atoms with Gasteiger partial charge in [-0.3, -0.25) is 9.59 Å². The van der Waals surface area contributed by atoms with Gasteiger partial charge in [0.2, 0.25) is 11.8 Å². The third kappa shape index (κ3) is 9.90. The first-order valence-corrected chi connectivity index (χ1v) is 14.8. The molecule has 10 nitrogen and oxygen atoms in total. The Kier molecular flexibility index (Phi) is 12.3. The second-order valence-corrected chi connectivity index (χ2v) is 11.7. The van der Waals surface area contributed by atoms with E-state index in [1.807, 2.05) is 32.9 Å². The van der Waals surface area contributed by atoms with Gasteiger partial charge in [0.1, 0.15) is 6.10 Å². The quantitative estimate of drug-likeness (QED) is 0.241. The van der Waals surface area contributed by atoms with Crippen LogP contribution in [0.25, 0.3) is 0 Å². The highest BCUT2D eigenvalue weighted by Crippen LogP contribution is 2.32. The van der Waals surface area contributed by atoms with Gasteiger partial charge in [-0.25, -0.2) is 0 Å². The van der Waals surface area contributed by atoms with E-state index in [1.165, 1.54) is 6.08 Å². The number of hydrogen-bond acceptors (Lipinski definition) is 8. The molecule has 1 aromatic heterocycles. The lowest BCUT2D eigenvalue weighted by atomic mass is 9.84. The molecule has 2 saturated heterocycles. The molecule has 2 fully saturated rings. The summed E-state index contributed by atoms with van der Waals surface area (Å²) in [5.41, 5.74) is 1.02. The molecule has 0 saturated carbocycles. The van der Waals surface area contributed by atoms with Gasteiger partial charge in [0, 0.05) is 12.8 Å². The molecule has 41 heavy (non-hydrogen) atoms. The van der Waals surface area contributed by atoms with Gasteiger partial charge in [-0.05, 0) is 57.4 Å². The molecule has 0 aliphatic carbocycles. The first kappa shape index (κ1) is 32.7. The Morgan fingerprint density at radius 1 is 1.20 bits per heavy atom. The Balaban J connectivity index is 1.51. The van der Waals surface area contributed by atoms with Crippen molar-refractivity contribution < 1.29 is 33.8 Å². The minimum atomic E-state index is -0.889. The molecule has 228 valence electrons. The second-order valence-electron chi connectivity index (χ2n) is 11.7. The van der Waals surface area contributed by atoms with Gasteiger partial charge in [0.05, 0.1) is 36.9 Å². The average Bonchev–Trinajstić information content (AvgIpc) is 3.35. The van der Waals surface area contributed by atoms with Gasteiger partial charge in [-0.1, -0.05) is 62.2 Å². The Hall–Kier alpha value is -2.82. The summed E-state index contributed by atoms with van der Waals surface area (Å²) in [7, 11) is 0. The SMILES string of the molecule is CCCC1C[C@@H](CC(=O)O)OC(/C=C/C(C)=C/CC2OC(C)C(NC(=O)/C=C\C(C)c3noc(C)n3)CC2C)[C@H]1O. The van der Waals surface area contributed by atoms with Crippen LogP contribution >= 0.6 is 0 Å². The van der Waals surface area contributed by atoms with Crippen molar-refractivity contribution in [2.45, 2.75) is 123 Å². The lowest BCUT2D eigenvalue weighted by molar-refractivity contribution is -0.153. The maximum Gasteiger partial charge on any atom is 0.305 e. The van der Waals surface area contributed by atoms with E-state index in [9.17, 15) is 19.8 Å². The number of carbonyl (C=O) groups excluding carboxylic acids is 1. The van der Waals surface area contributed by atoms with E-state index in [1.54, 1.807) is 13.0 Å². The van der Waals surface area contributed by atoms with Crippen LogP contribution in [-0.2, 0) is 19.1 Å². The number of ether oxygens (including phenoxy) is 2. The number of carbonyl (C=O) groups is 2. The Bertz CT molecular complexity index is 1100. The number of allylic oxidation sites excluding steroid dienone is 3. The molecule has 3 heterocycles. The van der Waals surface area contributed by atoms with Crippen LogP contribution in [0.1, 0.15) is 90.8 Å². The van der Waals surface area contributed by atoms with Crippen molar-refractivity contribution in [2.24, 2.45) is 11.8 Å². The number of aliphatic carboxylic acids is 1. The smallest absolute Gasteiger partial charge is 0.305 e. The minimum Gasteiger partial charge on any atom is -0.481 e. The van der Waals surface area contributed by atoms with E-state index in [-0.39, 0.29) is 48.3 Å². The van der Waals surface area contributed by atoms with Crippen molar-refractivity contribution in [1.82, 2.24) is 15.5 Å². The predicted molar refractivity (Wildman–Crippen MR) is 154 cm³/mol. The number of carboxylic acids is 1. The number of aromatic nitrogens is 2. The van der Waals surface area contributed by atoms with Crippen molar-refractivity contribution in [3.8, 4) is 0 Å². The monoisotopic (exact) mass is 573 g/mol. The number of nitrogens with one attached hydrogen (secondary N) is 1. The number of nitrogens with zero attached hydrogens (tertiary/aromatic N) is 2. The van der Waals surface area contributed by atoms with Crippen LogP contribution in [0.2, 0.25) is 0 Å². The molecule has 0 aromatic carbocycles. The highest BCUT2D eigenvalue weighted by atomic mass is 16.5. The molecule has 0 bridgehead atoms. The number of amides is 1. The average molecular weight is 574 g/mol. The van der Waals surface area contributed by atoms with Gasteiger partial charge in [0.25, 0.3) is 0 Å². The van der Waals surface area contributed by atoms with Crippen LogP contribution in [0.4, 0.5) is 0 Å². The number of aliphatic hydroxyl groups excluding tert-OH is 1. The Morgan fingerprint density at radius 3 is 2.61 bits per heavy atom. The molecule has 2 aliphatic heterocycles. The fourth-order valence-corrected chi connectivity index (χ4v) is 5.63. The summed E-state index contributed by atoms with van der Waals surface area (Å²) in [6.45, 7) is 11.8. The van der Waals surface area contributed by atoms with Crippen molar-refractivity contribution >= 4 is 11.9 Å². The standard InChI is InChI=1S/C31H47N3O7/c1-7-8-23-16-24(17-29(36)37)40-27(30(23)38)13-10-18(2)9-12-26-20(4)15-25(21(5)39-26)33-28(35)14-11-19(3)31-32-22(6)41-34-31/h9-11,13-14,19-21,23-27,30,38H,7-8,12,15-17H2,1-6H3,(H,33,35)(H,36,37)/b13-10+,14-11-,18-9+/t19?,20?,21?,23?,24-,25?,26?,27?,30-/m0/s1. The van der Waals surface area contributed by atoms with E-state index in [0.717, 1.165) is 31.3 Å². The van der Waals surface area contributed by atoms with Gasteiger partial charge in [0.15, 0.2) is 5.82 Å². The number of rotatable bonds is 12. The molecular weight excluding hydrogens is 526 g/mol. The summed E-state index contributed by atoms with van der Waals surface area (Å²) < 4.78 is 17.2. The van der Waals surface area contributed by atoms with Crippen LogP contribution < -0.4 is 5.32 Å². The van der Waals surface area contributed by atoms with E-state index in [0.29, 0.717) is 18.1 Å². The van der Waals surface area contributed by atoms with Crippen LogP contribution in [-0.4, -0.2) is 68.8 Å². The molecule has 0 radical (unpaired) electrons. The maximum absolute atomic E-state index is 12.6. The van der Waals surface area contributed by atoms with E-state index < -0.39 is 24.3 Å². The third-order valence-corrected chi connectivity index (χ3v) is 8.05. The lowest BCUT2D eigenvalue weighted by Gasteiger charge is -2.39. The van der Waals surface area contributed by atoms with E-state index in [4.69, 9.17) is 14.0 Å². The zero-order chi connectivity index (χ0) is 30.1. The molecule has 7 unspecified atom stereocenters.